The smallest absolute Gasteiger partial charge is 0.146 e. The molecule has 8 aromatic carbocycles. The zero-order chi connectivity index (χ0) is 32.1. The van der Waals surface area contributed by atoms with Gasteiger partial charge in [-0.1, -0.05) is 109 Å². The van der Waals surface area contributed by atoms with Gasteiger partial charge in [0.1, 0.15) is 27.9 Å². The Labute approximate surface area is 280 Å². The molecule has 0 fully saturated rings. The van der Waals surface area contributed by atoms with Crippen molar-refractivity contribution in [2.75, 3.05) is 0 Å². The maximum atomic E-state index is 6.55. The maximum Gasteiger partial charge on any atom is 0.146 e. The average molecular weight is 627 g/mol. The first-order chi connectivity index (χ1) is 24.3. The van der Waals surface area contributed by atoms with E-state index in [0.29, 0.717) is 0 Å². The average Bonchev–Trinajstić information content (AvgIpc) is 3.86. The summed E-state index contributed by atoms with van der Waals surface area (Å²) in [5.41, 5.74) is 11.2. The molecule has 0 radical (unpaired) electrons. The lowest BCUT2D eigenvalue weighted by atomic mass is 9.85. The molecule has 3 heterocycles. The number of para-hydroxylation sites is 1. The van der Waals surface area contributed by atoms with Gasteiger partial charge in [-0.3, -0.25) is 0 Å². The highest BCUT2D eigenvalue weighted by Crippen LogP contribution is 2.46. The SMILES string of the molecule is c1ccc(-c2coc3c2ccc2oc4cc(-c5c6ccccc6c(-c6ccc7oc8ccccc8c7c6)c6ccccc56)ccc4c23)cc1. The zero-order valence-corrected chi connectivity index (χ0v) is 26.2. The third-order valence-electron chi connectivity index (χ3n) is 10.1. The molecule has 0 saturated carbocycles. The molecule has 3 nitrogen and oxygen atoms in total. The molecule has 11 aromatic rings. The second-order valence-corrected chi connectivity index (χ2v) is 12.8. The molecule has 0 N–H and O–H groups in total. The van der Waals surface area contributed by atoms with E-state index in [1.807, 2.05) is 24.5 Å². The zero-order valence-electron chi connectivity index (χ0n) is 26.2. The molecule has 0 spiro atoms. The predicted molar refractivity (Wildman–Crippen MR) is 202 cm³/mol. The number of fused-ring (bicyclic) bond motifs is 10. The lowest BCUT2D eigenvalue weighted by Gasteiger charge is -2.17. The van der Waals surface area contributed by atoms with Crippen LogP contribution in [-0.4, -0.2) is 0 Å². The van der Waals surface area contributed by atoms with Crippen molar-refractivity contribution in [3.8, 4) is 33.4 Å². The van der Waals surface area contributed by atoms with E-state index < -0.39 is 0 Å². The largest absolute Gasteiger partial charge is 0.463 e. The van der Waals surface area contributed by atoms with E-state index in [4.69, 9.17) is 13.3 Å². The summed E-state index contributed by atoms with van der Waals surface area (Å²) in [6.07, 6.45) is 1.86. The van der Waals surface area contributed by atoms with Crippen molar-refractivity contribution >= 4 is 76.4 Å². The van der Waals surface area contributed by atoms with Crippen LogP contribution in [0.2, 0.25) is 0 Å². The molecule has 0 unspecified atom stereocenters. The standard InChI is InChI=1S/C46H26O3/c1-2-10-27(11-3-1)38-26-47-46-35(38)21-23-41-45(46)36-20-18-29(25-42(36)49-41)44-33-15-6-4-13-31(33)43(32-14-5-7-16-34(32)44)28-19-22-40-37(24-28)30-12-8-9-17-39(30)48-40/h1-26H. The van der Waals surface area contributed by atoms with Gasteiger partial charge in [-0.25, -0.2) is 0 Å². The quantitative estimate of drug-likeness (QED) is 0.183. The minimum atomic E-state index is 0.820. The van der Waals surface area contributed by atoms with Crippen molar-refractivity contribution in [3.05, 3.63) is 158 Å². The second-order valence-electron chi connectivity index (χ2n) is 12.8. The summed E-state index contributed by atoms with van der Waals surface area (Å²) in [4.78, 5) is 0. The summed E-state index contributed by atoms with van der Waals surface area (Å²) >= 11 is 0. The van der Waals surface area contributed by atoms with E-state index in [0.717, 1.165) is 71.5 Å². The Hall–Kier alpha value is -6.58. The van der Waals surface area contributed by atoms with Crippen LogP contribution in [0.15, 0.2) is 171 Å². The highest BCUT2D eigenvalue weighted by atomic mass is 16.3. The molecule has 0 aliphatic rings. The molecule has 0 atom stereocenters. The predicted octanol–water partition coefficient (Wildman–Crippen LogP) is 13.5. The number of hydrogen-bond acceptors (Lipinski definition) is 3. The van der Waals surface area contributed by atoms with Crippen molar-refractivity contribution in [2.45, 2.75) is 0 Å². The summed E-state index contributed by atoms with van der Waals surface area (Å²) < 4.78 is 19.0. The van der Waals surface area contributed by atoms with Crippen molar-refractivity contribution in [2.24, 2.45) is 0 Å². The van der Waals surface area contributed by atoms with Gasteiger partial charge in [0.15, 0.2) is 0 Å². The molecule has 0 aliphatic carbocycles. The van der Waals surface area contributed by atoms with Crippen molar-refractivity contribution < 1.29 is 13.3 Å². The Bertz CT molecular complexity index is 3040. The van der Waals surface area contributed by atoms with Crippen molar-refractivity contribution in [3.63, 3.8) is 0 Å². The fourth-order valence-corrected chi connectivity index (χ4v) is 7.98. The first-order valence-corrected chi connectivity index (χ1v) is 16.6. The van der Waals surface area contributed by atoms with E-state index in [2.05, 4.69) is 133 Å². The normalized spacial score (nSPS) is 12.1. The fourth-order valence-electron chi connectivity index (χ4n) is 7.98. The fraction of sp³-hybridized carbons (Fsp3) is 0. The van der Waals surface area contributed by atoms with Gasteiger partial charge in [-0.2, -0.15) is 0 Å². The lowest BCUT2D eigenvalue weighted by Crippen LogP contribution is -1.90. The molecule has 0 amide bonds. The molecule has 0 saturated heterocycles. The van der Waals surface area contributed by atoms with Crippen LogP contribution in [-0.2, 0) is 0 Å². The van der Waals surface area contributed by atoms with Gasteiger partial charge < -0.3 is 13.3 Å². The van der Waals surface area contributed by atoms with Crippen LogP contribution in [0.5, 0.6) is 0 Å². The highest BCUT2D eigenvalue weighted by Gasteiger charge is 2.20. The number of rotatable bonds is 3. The van der Waals surface area contributed by atoms with Crippen LogP contribution >= 0.6 is 0 Å². The lowest BCUT2D eigenvalue weighted by molar-refractivity contribution is 0.619. The topological polar surface area (TPSA) is 39.4 Å². The number of hydrogen-bond donors (Lipinski definition) is 0. The van der Waals surface area contributed by atoms with Crippen molar-refractivity contribution in [1.82, 2.24) is 0 Å². The van der Waals surface area contributed by atoms with Gasteiger partial charge in [0.05, 0.1) is 11.6 Å². The van der Waals surface area contributed by atoms with Gasteiger partial charge in [0.25, 0.3) is 0 Å². The summed E-state index contributed by atoms with van der Waals surface area (Å²) in [5.74, 6) is 0. The van der Waals surface area contributed by atoms with E-state index in [1.165, 1.54) is 38.2 Å². The van der Waals surface area contributed by atoms with E-state index in [-0.39, 0.29) is 0 Å². The molecule has 0 bridgehead atoms. The van der Waals surface area contributed by atoms with Crippen LogP contribution in [0.3, 0.4) is 0 Å². The molecular formula is C46H26O3. The maximum absolute atomic E-state index is 6.55. The summed E-state index contributed by atoms with van der Waals surface area (Å²) in [6, 6.07) is 53.5. The Morgan fingerprint density at radius 2 is 0.878 bits per heavy atom. The number of benzene rings is 8. The Balaban J connectivity index is 1.14. The van der Waals surface area contributed by atoms with Gasteiger partial charge >= 0.3 is 0 Å². The van der Waals surface area contributed by atoms with Crippen LogP contribution in [0.4, 0.5) is 0 Å². The van der Waals surface area contributed by atoms with Gasteiger partial charge in [0.2, 0.25) is 0 Å². The van der Waals surface area contributed by atoms with Crippen LogP contribution in [0.25, 0.3) is 110 Å². The summed E-state index contributed by atoms with van der Waals surface area (Å²) in [7, 11) is 0. The molecule has 0 aliphatic heterocycles. The summed E-state index contributed by atoms with van der Waals surface area (Å²) in [5, 5.41) is 10.2. The van der Waals surface area contributed by atoms with E-state index >= 15 is 0 Å². The van der Waals surface area contributed by atoms with Crippen molar-refractivity contribution in [1.29, 1.82) is 0 Å². The molecule has 3 aromatic heterocycles. The third-order valence-corrected chi connectivity index (χ3v) is 10.1. The third kappa shape index (κ3) is 3.78. The Morgan fingerprint density at radius 1 is 0.327 bits per heavy atom. The molecule has 228 valence electrons. The molecule has 11 rings (SSSR count). The van der Waals surface area contributed by atoms with E-state index in [9.17, 15) is 0 Å². The first kappa shape index (κ1) is 26.5. The van der Waals surface area contributed by atoms with E-state index in [1.54, 1.807) is 0 Å². The van der Waals surface area contributed by atoms with Gasteiger partial charge in [-0.15, -0.1) is 0 Å². The summed E-state index contributed by atoms with van der Waals surface area (Å²) in [6.45, 7) is 0. The van der Waals surface area contributed by atoms with Gasteiger partial charge in [0, 0.05) is 27.1 Å². The van der Waals surface area contributed by atoms with Gasteiger partial charge in [-0.05, 0) is 91.8 Å². The first-order valence-electron chi connectivity index (χ1n) is 16.6. The molecular weight excluding hydrogens is 601 g/mol. The molecule has 3 heteroatoms. The highest BCUT2D eigenvalue weighted by molar-refractivity contribution is 6.24. The van der Waals surface area contributed by atoms with Crippen LogP contribution < -0.4 is 0 Å². The van der Waals surface area contributed by atoms with Crippen LogP contribution in [0.1, 0.15) is 0 Å². The Kier molecular flexibility index (Phi) is 5.38. The second kappa shape index (κ2) is 9.96. The monoisotopic (exact) mass is 626 g/mol. The Morgan fingerprint density at radius 3 is 1.61 bits per heavy atom. The minimum Gasteiger partial charge on any atom is -0.463 e. The minimum absolute atomic E-state index is 0.820. The number of furan rings is 3. The van der Waals surface area contributed by atoms with Crippen LogP contribution in [0, 0.1) is 0 Å². The molecule has 49 heavy (non-hydrogen) atoms.